The zero-order valence-electron chi connectivity index (χ0n) is 6.41. The van der Waals surface area contributed by atoms with Gasteiger partial charge in [-0.2, -0.15) is 5.26 Å². The molecule has 4 nitrogen and oxygen atoms in total. The van der Waals surface area contributed by atoms with Crippen LogP contribution in [0, 0.1) is 11.3 Å². The van der Waals surface area contributed by atoms with Gasteiger partial charge in [0.2, 0.25) is 0 Å². The molecular formula is C8H5BrN2O2. The molecule has 0 atom stereocenters. The van der Waals surface area contributed by atoms with Crippen LogP contribution in [0.4, 0.5) is 5.69 Å². The number of carboxylic acids is 1. The maximum Gasteiger partial charge on any atom is 0.337 e. The summed E-state index contributed by atoms with van der Waals surface area (Å²) in [5, 5.41) is 17.3. The summed E-state index contributed by atoms with van der Waals surface area (Å²) in [7, 11) is 0. The Morgan fingerprint density at radius 1 is 1.62 bits per heavy atom. The lowest BCUT2D eigenvalue weighted by Crippen LogP contribution is -2.03. The van der Waals surface area contributed by atoms with Crippen molar-refractivity contribution >= 4 is 27.6 Å². The molecule has 1 aromatic carbocycles. The number of benzene rings is 1. The Labute approximate surface area is 82.7 Å². The number of anilines is 1. The number of nitrogens with zero attached hydrogens (tertiary/aromatic N) is 1. The lowest BCUT2D eigenvalue weighted by Gasteiger charge is -2.03. The monoisotopic (exact) mass is 240 g/mol. The van der Waals surface area contributed by atoms with Crippen LogP contribution in [-0.4, -0.2) is 11.1 Å². The summed E-state index contributed by atoms with van der Waals surface area (Å²) in [4.78, 5) is 10.6. The lowest BCUT2D eigenvalue weighted by atomic mass is 10.1. The van der Waals surface area contributed by atoms with E-state index in [1.165, 1.54) is 12.1 Å². The van der Waals surface area contributed by atoms with Gasteiger partial charge in [0.1, 0.15) is 6.07 Å². The van der Waals surface area contributed by atoms with Gasteiger partial charge in [0.25, 0.3) is 0 Å². The van der Waals surface area contributed by atoms with Gasteiger partial charge in [-0.1, -0.05) is 0 Å². The molecule has 0 bridgehead atoms. The van der Waals surface area contributed by atoms with Crippen LogP contribution in [0.1, 0.15) is 15.9 Å². The van der Waals surface area contributed by atoms with Gasteiger partial charge in [0.15, 0.2) is 0 Å². The molecule has 0 radical (unpaired) electrons. The molecule has 0 saturated heterocycles. The first-order valence-corrected chi connectivity index (χ1v) is 4.08. The van der Waals surface area contributed by atoms with Gasteiger partial charge in [-0.25, -0.2) is 4.79 Å². The Morgan fingerprint density at radius 2 is 2.23 bits per heavy atom. The highest BCUT2D eigenvalue weighted by Gasteiger charge is 2.12. The highest BCUT2D eigenvalue weighted by Crippen LogP contribution is 2.26. The summed E-state index contributed by atoms with van der Waals surface area (Å²) in [6.45, 7) is 0. The SMILES string of the molecule is N#Cc1ccc(C(=O)O)c(N)c1Br. The Kier molecular flexibility index (Phi) is 2.54. The number of nitriles is 1. The fraction of sp³-hybridized carbons (Fsp3) is 0. The molecule has 66 valence electrons. The van der Waals surface area contributed by atoms with Crippen molar-refractivity contribution in [1.82, 2.24) is 0 Å². The van der Waals surface area contributed by atoms with Crippen molar-refractivity contribution in [3.05, 3.63) is 27.7 Å². The number of hydrogen-bond donors (Lipinski definition) is 2. The molecule has 0 aliphatic carbocycles. The van der Waals surface area contributed by atoms with Crippen LogP contribution in [-0.2, 0) is 0 Å². The number of hydrogen-bond acceptors (Lipinski definition) is 3. The number of nitrogen functional groups attached to an aromatic ring is 1. The number of carbonyl (C=O) groups is 1. The first-order valence-electron chi connectivity index (χ1n) is 3.29. The average Bonchev–Trinajstić information content (AvgIpc) is 2.09. The maximum absolute atomic E-state index is 10.6. The fourth-order valence-electron chi connectivity index (χ4n) is 0.866. The summed E-state index contributed by atoms with van der Waals surface area (Å²) in [6.07, 6.45) is 0. The molecule has 1 rings (SSSR count). The molecule has 0 aromatic heterocycles. The van der Waals surface area contributed by atoms with Gasteiger partial charge in [0, 0.05) is 0 Å². The van der Waals surface area contributed by atoms with Crippen molar-refractivity contribution in [1.29, 1.82) is 5.26 Å². The zero-order valence-corrected chi connectivity index (χ0v) is 8.00. The van der Waals surface area contributed by atoms with Gasteiger partial charge in [-0.15, -0.1) is 0 Å². The van der Waals surface area contributed by atoms with Crippen LogP contribution < -0.4 is 5.73 Å². The van der Waals surface area contributed by atoms with E-state index in [0.717, 1.165) is 0 Å². The van der Waals surface area contributed by atoms with Gasteiger partial charge in [-0.05, 0) is 28.1 Å². The van der Waals surface area contributed by atoms with Crippen LogP contribution in [0.3, 0.4) is 0 Å². The molecule has 0 aliphatic heterocycles. The van der Waals surface area contributed by atoms with Crippen molar-refractivity contribution < 1.29 is 9.90 Å². The van der Waals surface area contributed by atoms with E-state index in [0.29, 0.717) is 10.0 Å². The molecule has 0 saturated carbocycles. The van der Waals surface area contributed by atoms with E-state index in [-0.39, 0.29) is 11.3 Å². The molecule has 0 heterocycles. The van der Waals surface area contributed by atoms with Crippen LogP contribution in [0.2, 0.25) is 0 Å². The van der Waals surface area contributed by atoms with Crippen molar-refractivity contribution in [3.8, 4) is 6.07 Å². The number of aromatic carboxylic acids is 1. The normalized spacial score (nSPS) is 9.23. The number of rotatable bonds is 1. The average molecular weight is 241 g/mol. The highest BCUT2D eigenvalue weighted by atomic mass is 79.9. The minimum atomic E-state index is -1.11. The minimum absolute atomic E-state index is 0.00845. The van der Waals surface area contributed by atoms with E-state index in [1.54, 1.807) is 0 Å². The summed E-state index contributed by atoms with van der Waals surface area (Å²) in [5.41, 5.74) is 5.87. The van der Waals surface area contributed by atoms with Gasteiger partial charge in [-0.3, -0.25) is 0 Å². The fourth-order valence-corrected chi connectivity index (χ4v) is 1.30. The van der Waals surface area contributed by atoms with Crippen LogP contribution in [0.25, 0.3) is 0 Å². The smallest absolute Gasteiger partial charge is 0.337 e. The third-order valence-electron chi connectivity index (χ3n) is 1.53. The molecule has 0 fully saturated rings. The van der Waals surface area contributed by atoms with E-state index < -0.39 is 5.97 Å². The lowest BCUT2D eigenvalue weighted by molar-refractivity contribution is 0.0698. The minimum Gasteiger partial charge on any atom is -0.478 e. The Bertz CT molecular complexity index is 409. The molecule has 0 amide bonds. The third-order valence-corrected chi connectivity index (χ3v) is 2.38. The summed E-state index contributed by atoms with van der Waals surface area (Å²) < 4.78 is 0.329. The van der Waals surface area contributed by atoms with Gasteiger partial charge >= 0.3 is 5.97 Å². The summed E-state index contributed by atoms with van der Waals surface area (Å²) >= 11 is 3.05. The molecule has 0 spiro atoms. The maximum atomic E-state index is 10.6. The van der Waals surface area contributed by atoms with Crippen molar-refractivity contribution in [2.24, 2.45) is 0 Å². The van der Waals surface area contributed by atoms with Gasteiger partial charge in [0.05, 0.1) is 21.3 Å². The first-order chi connectivity index (χ1) is 6.07. The topological polar surface area (TPSA) is 87.1 Å². The van der Waals surface area contributed by atoms with E-state index in [9.17, 15) is 4.79 Å². The van der Waals surface area contributed by atoms with E-state index in [1.807, 2.05) is 6.07 Å². The second-order valence-corrected chi connectivity index (χ2v) is 3.10. The standard InChI is InChI=1S/C8H5BrN2O2/c9-6-4(3-10)1-2-5(7(6)11)8(12)13/h1-2H,11H2,(H,12,13). The van der Waals surface area contributed by atoms with Crippen molar-refractivity contribution in [2.75, 3.05) is 5.73 Å². The molecule has 1 aromatic rings. The zero-order chi connectivity index (χ0) is 10.0. The molecule has 13 heavy (non-hydrogen) atoms. The third kappa shape index (κ3) is 1.63. The van der Waals surface area contributed by atoms with E-state index in [2.05, 4.69) is 15.9 Å². The first kappa shape index (κ1) is 9.55. The molecule has 3 N–H and O–H groups in total. The second-order valence-electron chi connectivity index (χ2n) is 2.31. The predicted octanol–water partition coefficient (Wildman–Crippen LogP) is 1.60. The molecule has 0 unspecified atom stereocenters. The molecule has 0 aliphatic rings. The largest absolute Gasteiger partial charge is 0.478 e. The number of nitrogens with two attached hydrogens (primary N) is 1. The Hall–Kier alpha value is -1.54. The number of halogens is 1. The van der Waals surface area contributed by atoms with Crippen LogP contribution in [0.15, 0.2) is 16.6 Å². The van der Waals surface area contributed by atoms with Crippen LogP contribution >= 0.6 is 15.9 Å². The number of carboxylic acid groups (broad SMARTS) is 1. The highest BCUT2D eigenvalue weighted by molar-refractivity contribution is 9.10. The van der Waals surface area contributed by atoms with Gasteiger partial charge < -0.3 is 10.8 Å². The Morgan fingerprint density at radius 3 is 2.69 bits per heavy atom. The van der Waals surface area contributed by atoms with Crippen molar-refractivity contribution in [3.63, 3.8) is 0 Å². The van der Waals surface area contributed by atoms with E-state index >= 15 is 0 Å². The Balaban J connectivity index is 3.42. The summed E-state index contributed by atoms with van der Waals surface area (Å²) in [5.74, 6) is -1.11. The summed E-state index contributed by atoms with van der Waals surface area (Å²) in [6, 6.07) is 4.60. The second kappa shape index (κ2) is 3.46. The van der Waals surface area contributed by atoms with Crippen LogP contribution in [0.5, 0.6) is 0 Å². The van der Waals surface area contributed by atoms with Crippen molar-refractivity contribution in [2.45, 2.75) is 0 Å². The predicted molar refractivity (Wildman–Crippen MR) is 50.2 cm³/mol. The molecule has 5 heteroatoms. The van der Waals surface area contributed by atoms with E-state index in [4.69, 9.17) is 16.1 Å². The quantitative estimate of drug-likeness (QED) is 0.731. The molecular weight excluding hydrogens is 236 g/mol.